The molecular formula is C21H24N2O3. The number of nitrogens with zero attached hydrogens (tertiary/aromatic N) is 2. The van der Waals surface area contributed by atoms with Crippen molar-refractivity contribution in [1.29, 1.82) is 0 Å². The maximum Gasteiger partial charge on any atom is 0.305 e. The molecule has 136 valence electrons. The topological polar surface area (TPSA) is 60.9 Å². The largest absolute Gasteiger partial charge is 0.481 e. The van der Waals surface area contributed by atoms with Crippen molar-refractivity contribution in [1.82, 2.24) is 9.80 Å². The Bertz CT molecular complexity index is 748. The lowest BCUT2D eigenvalue weighted by Gasteiger charge is -2.46. The van der Waals surface area contributed by atoms with Crippen molar-refractivity contribution < 1.29 is 14.7 Å². The van der Waals surface area contributed by atoms with Crippen LogP contribution < -0.4 is 0 Å². The van der Waals surface area contributed by atoms with Crippen molar-refractivity contribution in [3.63, 3.8) is 0 Å². The van der Waals surface area contributed by atoms with Crippen LogP contribution in [0.2, 0.25) is 0 Å². The van der Waals surface area contributed by atoms with Gasteiger partial charge < -0.3 is 10.0 Å². The van der Waals surface area contributed by atoms with E-state index in [4.69, 9.17) is 0 Å². The number of carboxylic acids is 1. The van der Waals surface area contributed by atoms with Gasteiger partial charge in [0, 0.05) is 37.3 Å². The van der Waals surface area contributed by atoms with E-state index in [9.17, 15) is 14.7 Å². The van der Waals surface area contributed by atoms with Crippen LogP contribution in [0.1, 0.15) is 29.3 Å². The van der Waals surface area contributed by atoms with Gasteiger partial charge in [0.15, 0.2) is 0 Å². The number of hydrogen-bond acceptors (Lipinski definition) is 3. The van der Waals surface area contributed by atoms with Gasteiger partial charge in [0.25, 0.3) is 5.91 Å². The molecule has 1 aliphatic rings. The van der Waals surface area contributed by atoms with Crippen LogP contribution in [0.3, 0.4) is 0 Å². The van der Waals surface area contributed by atoms with Gasteiger partial charge >= 0.3 is 5.97 Å². The highest BCUT2D eigenvalue weighted by Gasteiger charge is 2.37. The Balaban J connectivity index is 1.79. The highest BCUT2D eigenvalue weighted by molar-refractivity contribution is 5.94. The summed E-state index contributed by atoms with van der Waals surface area (Å²) in [5, 5.41) is 9.38. The second-order valence-electron chi connectivity index (χ2n) is 6.73. The fourth-order valence-corrected chi connectivity index (χ4v) is 3.64. The molecule has 0 radical (unpaired) electrons. The molecule has 0 unspecified atom stereocenters. The smallest absolute Gasteiger partial charge is 0.305 e. The van der Waals surface area contributed by atoms with E-state index < -0.39 is 5.97 Å². The maximum absolute atomic E-state index is 12.9. The summed E-state index contributed by atoms with van der Waals surface area (Å²) in [6, 6.07) is 18.8. The number of hydrogen-bond donors (Lipinski definition) is 1. The Labute approximate surface area is 153 Å². The standard InChI is InChI=1S/C21H24N2O3/c1-16-19(14-20(24)25)22(15-17-8-4-2-5-9-17)12-13-23(16)21(26)18-10-6-3-7-11-18/h2-11,16,19H,12-15H2,1H3,(H,24,25)/t16-,19+/m1/s1. The van der Waals surface area contributed by atoms with Crippen molar-refractivity contribution in [2.75, 3.05) is 13.1 Å². The molecule has 1 fully saturated rings. The van der Waals surface area contributed by atoms with Crippen molar-refractivity contribution >= 4 is 11.9 Å². The van der Waals surface area contributed by atoms with Gasteiger partial charge in [-0.1, -0.05) is 48.5 Å². The van der Waals surface area contributed by atoms with Crippen LogP contribution in [0.5, 0.6) is 0 Å². The van der Waals surface area contributed by atoms with Crippen LogP contribution in [-0.4, -0.2) is 52.0 Å². The maximum atomic E-state index is 12.9. The van der Waals surface area contributed by atoms with Crippen molar-refractivity contribution in [2.24, 2.45) is 0 Å². The Morgan fingerprint density at radius 3 is 2.23 bits per heavy atom. The first kappa shape index (κ1) is 18.1. The van der Waals surface area contributed by atoms with Crippen LogP contribution >= 0.6 is 0 Å². The van der Waals surface area contributed by atoms with Gasteiger partial charge in [-0.3, -0.25) is 14.5 Å². The van der Waals surface area contributed by atoms with Gasteiger partial charge in [0.05, 0.1) is 6.42 Å². The molecule has 3 rings (SSSR count). The molecule has 2 aromatic rings. The third-order valence-electron chi connectivity index (χ3n) is 5.04. The summed E-state index contributed by atoms with van der Waals surface area (Å²) < 4.78 is 0. The molecule has 1 amide bonds. The van der Waals surface area contributed by atoms with E-state index in [2.05, 4.69) is 4.90 Å². The first-order valence-electron chi connectivity index (χ1n) is 8.92. The van der Waals surface area contributed by atoms with Gasteiger partial charge in [-0.2, -0.15) is 0 Å². The average molecular weight is 352 g/mol. The molecule has 5 heteroatoms. The lowest BCUT2D eigenvalue weighted by atomic mass is 9.97. The Kier molecular flexibility index (Phi) is 5.68. The minimum atomic E-state index is -0.839. The molecule has 1 heterocycles. The Hall–Kier alpha value is -2.66. The number of amides is 1. The predicted molar refractivity (Wildman–Crippen MR) is 99.8 cm³/mol. The zero-order valence-corrected chi connectivity index (χ0v) is 14.9. The molecule has 1 aliphatic heterocycles. The summed E-state index contributed by atoms with van der Waals surface area (Å²) in [5.41, 5.74) is 1.79. The van der Waals surface area contributed by atoms with E-state index in [0.29, 0.717) is 25.2 Å². The molecular weight excluding hydrogens is 328 g/mol. The SMILES string of the molecule is C[C@@H]1[C@H](CC(=O)O)N(Cc2ccccc2)CCN1C(=O)c1ccccc1. The third-order valence-corrected chi connectivity index (χ3v) is 5.04. The first-order valence-corrected chi connectivity index (χ1v) is 8.92. The summed E-state index contributed by atoms with van der Waals surface area (Å²) in [5.74, 6) is -0.873. The van der Waals surface area contributed by atoms with E-state index in [1.807, 2.05) is 60.4 Å². The van der Waals surface area contributed by atoms with Gasteiger partial charge in [-0.05, 0) is 24.6 Å². The van der Waals surface area contributed by atoms with Gasteiger partial charge in [0.1, 0.15) is 0 Å². The van der Waals surface area contributed by atoms with Gasteiger partial charge in [0.2, 0.25) is 0 Å². The van der Waals surface area contributed by atoms with E-state index in [1.54, 1.807) is 12.1 Å². The second-order valence-corrected chi connectivity index (χ2v) is 6.73. The summed E-state index contributed by atoms with van der Waals surface area (Å²) >= 11 is 0. The van der Waals surface area contributed by atoms with Crippen LogP contribution in [-0.2, 0) is 11.3 Å². The third kappa shape index (κ3) is 4.11. The normalized spacial score (nSPS) is 20.7. The number of rotatable bonds is 5. The van der Waals surface area contributed by atoms with Crippen LogP contribution in [0.4, 0.5) is 0 Å². The summed E-state index contributed by atoms with van der Waals surface area (Å²) in [6.07, 6.45) is 0.0204. The highest BCUT2D eigenvalue weighted by atomic mass is 16.4. The molecule has 1 N–H and O–H groups in total. The quantitative estimate of drug-likeness (QED) is 0.899. The summed E-state index contributed by atoms with van der Waals surface area (Å²) in [4.78, 5) is 28.3. The molecule has 0 spiro atoms. The minimum Gasteiger partial charge on any atom is -0.481 e. The number of aliphatic carboxylic acids is 1. The lowest BCUT2D eigenvalue weighted by molar-refractivity contribution is -0.139. The monoisotopic (exact) mass is 352 g/mol. The molecule has 0 aliphatic carbocycles. The van der Waals surface area contributed by atoms with E-state index >= 15 is 0 Å². The van der Waals surface area contributed by atoms with Crippen molar-refractivity contribution in [3.8, 4) is 0 Å². The minimum absolute atomic E-state index is 0.0204. The molecule has 0 bridgehead atoms. The summed E-state index contributed by atoms with van der Waals surface area (Å²) in [6.45, 7) is 3.90. The number of carbonyl (C=O) groups is 2. The van der Waals surface area contributed by atoms with E-state index in [-0.39, 0.29) is 24.4 Å². The fourth-order valence-electron chi connectivity index (χ4n) is 3.64. The zero-order chi connectivity index (χ0) is 18.5. The fraction of sp³-hybridized carbons (Fsp3) is 0.333. The van der Waals surface area contributed by atoms with Crippen LogP contribution in [0, 0.1) is 0 Å². The molecule has 2 atom stereocenters. The summed E-state index contributed by atoms with van der Waals surface area (Å²) in [7, 11) is 0. The Morgan fingerprint density at radius 2 is 1.62 bits per heavy atom. The number of carbonyl (C=O) groups excluding carboxylic acids is 1. The predicted octanol–water partition coefficient (Wildman–Crippen LogP) is 2.88. The molecule has 26 heavy (non-hydrogen) atoms. The molecule has 0 saturated carbocycles. The second kappa shape index (κ2) is 8.15. The van der Waals surface area contributed by atoms with E-state index in [1.165, 1.54) is 0 Å². The van der Waals surface area contributed by atoms with E-state index in [0.717, 1.165) is 5.56 Å². The highest BCUT2D eigenvalue weighted by Crippen LogP contribution is 2.24. The van der Waals surface area contributed by atoms with Gasteiger partial charge in [-0.15, -0.1) is 0 Å². The van der Waals surface area contributed by atoms with Crippen molar-refractivity contribution in [3.05, 3.63) is 71.8 Å². The Morgan fingerprint density at radius 1 is 1.00 bits per heavy atom. The zero-order valence-electron chi connectivity index (χ0n) is 14.9. The number of benzene rings is 2. The van der Waals surface area contributed by atoms with Crippen molar-refractivity contribution in [2.45, 2.75) is 32.0 Å². The van der Waals surface area contributed by atoms with Crippen LogP contribution in [0.25, 0.3) is 0 Å². The first-order chi connectivity index (χ1) is 12.6. The lowest BCUT2D eigenvalue weighted by Crippen LogP contribution is -2.60. The van der Waals surface area contributed by atoms with Crippen LogP contribution in [0.15, 0.2) is 60.7 Å². The number of carboxylic acid groups (broad SMARTS) is 1. The molecule has 2 aromatic carbocycles. The van der Waals surface area contributed by atoms with Gasteiger partial charge in [-0.25, -0.2) is 0 Å². The molecule has 0 aromatic heterocycles. The molecule has 1 saturated heterocycles. The average Bonchev–Trinajstić information content (AvgIpc) is 2.65. The molecule has 5 nitrogen and oxygen atoms in total. The number of piperazine rings is 1.